The zero-order valence-electron chi connectivity index (χ0n) is 5.17. The van der Waals surface area contributed by atoms with E-state index in [0.29, 0.717) is 0 Å². The standard InChI is InChI=1S/C7H12.Ni/c1-3-5-7-6-4-2;/h1,6-7H,3-5H2,2H3;/b7-6+;. The van der Waals surface area contributed by atoms with Gasteiger partial charge in [-0.25, -0.2) is 0 Å². The van der Waals surface area contributed by atoms with E-state index >= 15 is 0 Å². The Morgan fingerprint density at radius 3 is 2.50 bits per heavy atom. The van der Waals surface area contributed by atoms with Crippen LogP contribution >= 0.6 is 0 Å². The van der Waals surface area contributed by atoms with Gasteiger partial charge in [-0.1, -0.05) is 0 Å². The van der Waals surface area contributed by atoms with Crippen LogP contribution < -0.4 is 0 Å². The van der Waals surface area contributed by atoms with E-state index in [2.05, 4.69) is 34.1 Å². The monoisotopic (exact) mass is 154 g/mol. The molecule has 50 valence electrons. The SMILES string of the molecule is CC/C=C/CC[CH]=[Ni]. The van der Waals surface area contributed by atoms with Crippen LogP contribution in [0.15, 0.2) is 12.2 Å². The Bertz CT molecular complexity index is 74.5. The van der Waals surface area contributed by atoms with Crippen LogP contribution in [0.3, 0.4) is 0 Å². The number of hydrogen-bond donors (Lipinski definition) is 0. The molecule has 1 heteroatoms. The molecule has 0 radical (unpaired) electrons. The normalized spacial score (nSPS) is 10.4. The molecule has 0 nitrogen and oxygen atoms in total. The van der Waals surface area contributed by atoms with Crippen molar-refractivity contribution in [3.05, 3.63) is 12.2 Å². The number of hydrogen-bond acceptors (Lipinski definition) is 0. The molecule has 0 aromatic rings. The van der Waals surface area contributed by atoms with Crippen LogP contribution in [0.1, 0.15) is 26.2 Å². The van der Waals surface area contributed by atoms with Gasteiger partial charge in [-0.15, -0.1) is 0 Å². The molecule has 0 aliphatic heterocycles. The summed E-state index contributed by atoms with van der Waals surface area (Å²) < 4.78 is 0. The Kier molecular flexibility index (Phi) is 7.20. The molecule has 0 N–H and O–H groups in total. The van der Waals surface area contributed by atoms with E-state index in [9.17, 15) is 0 Å². The molecule has 0 fully saturated rings. The predicted octanol–water partition coefficient (Wildman–Crippen LogP) is 2.08. The van der Waals surface area contributed by atoms with Gasteiger partial charge in [0.25, 0.3) is 0 Å². The second-order valence-electron chi connectivity index (χ2n) is 1.59. The summed E-state index contributed by atoms with van der Waals surface area (Å²) in [4.78, 5) is 1.82. The molecule has 0 aliphatic rings. The fraction of sp³-hybridized carbons (Fsp3) is 0.571. The summed E-state index contributed by atoms with van der Waals surface area (Å²) in [6.07, 6.45) is 7.66. The number of unbranched alkanes of at least 4 members (excludes halogenated alkanes) is 1. The summed E-state index contributed by atoms with van der Waals surface area (Å²) >= 11 is 4.39. The zero-order chi connectivity index (χ0) is 6.24. The van der Waals surface area contributed by atoms with Gasteiger partial charge in [0.05, 0.1) is 0 Å². The van der Waals surface area contributed by atoms with Crippen molar-refractivity contribution >= 4 is 4.99 Å². The van der Waals surface area contributed by atoms with Gasteiger partial charge in [0.1, 0.15) is 0 Å². The molecule has 0 saturated carbocycles. The van der Waals surface area contributed by atoms with Gasteiger partial charge in [0.15, 0.2) is 0 Å². The van der Waals surface area contributed by atoms with Gasteiger partial charge in [0.2, 0.25) is 0 Å². The molecule has 0 saturated heterocycles. The topological polar surface area (TPSA) is 0 Å². The van der Waals surface area contributed by atoms with Crippen LogP contribution in [0, 0.1) is 0 Å². The first-order valence-corrected chi connectivity index (χ1v) is 3.52. The summed E-state index contributed by atoms with van der Waals surface area (Å²) in [5.74, 6) is 0. The second-order valence-corrected chi connectivity index (χ2v) is 1.99. The van der Waals surface area contributed by atoms with E-state index in [1.807, 2.05) is 4.99 Å². The third-order valence-corrected chi connectivity index (χ3v) is 1.11. The van der Waals surface area contributed by atoms with Crippen molar-refractivity contribution in [1.29, 1.82) is 0 Å². The van der Waals surface area contributed by atoms with Crippen molar-refractivity contribution in [1.82, 2.24) is 0 Å². The average molecular weight is 155 g/mol. The van der Waals surface area contributed by atoms with Crippen LogP contribution in [-0.2, 0) is 15.0 Å². The summed E-state index contributed by atoms with van der Waals surface area (Å²) in [7, 11) is 0. The van der Waals surface area contributed by atoms with E-state index in [1.54, 1.807) is 0 Å². The van der Waals surface area contributed by atoms with Crippen molar-refractivity contribution in [2.45, 2.75) is 26.2 Å². The predicted molar refractivity (Wildman–Crippen MR) is 34.7 cm³/mol. The molecule has 0 bridgehead atoms. The van der Waals surface area contributed by atoms with Crippen molar-refractivity contribution in [2.75, 3.05) is 0 Å². The van der Waals surface area contributed by atoms with E-state index < -0.39 is 0 Å². The first-order chi connectivity index (χ1) is 3.91. The maximum atomic E-state index is 4.39. The molecule has 0 atom stereocenters. The Morgan fingerprint density at radius 1 is 1.25 bits per heavy atom. The van der Waals surface area contributed by atoms with Crippen molar-refractivity contribution in [3.63, 3.8) is 0 Å². The molecule has 0 aliphatic carbocycles. The zero-order valence-corrected chi connectivity index (χ0v) is 6.16. The first kappa shape index (κ1) is 8.10. The fourth-order valence-corrected chi connectivity index (χ4v) is 0.598. The number of rotatable bonds is 4. The second kappa shape index (κ2) is 7.10. The van der Waals surface area contributed by atoms with E-state index in [1.165, 1.54) is 0 Å². The van der Waals surface area contributed by atoms with Crippen molar-refractivity contribution in [3.8, 4) is 0 Å². The quantitative estimate of drug-likeness (QED) is 0.331. The van der Waals surface area contributed by atoms with Crippen LogP contribution in [0.2, 0.25) is 0 Å². The third kappa shape index (κ3) is 6.10. The Morgan fingerprint density at radius 2 is 2.00 bits per heavy atom. The molecule has 0 heterocycles. The third-order valence-electron chi connectivity index (χ3n) is 0.827. The maximum absolute atomic E-state index is 4.39. The van der Waals surface area contributed by atoms with Gasteiger partial charge in [-0.3, -0.25) is 0 Å². The Balaban J connectivity index is 2.90. The van der Waals surface area contributed by atoms with Gasteiger partial charge < -0.3 is 0 Å². The van der Waals surface area contributed by atoms with Crippen LogP contribution in [0.25, 0.3) is 0 Å². The van der Waals surface area contributed by atoms with Gasteiger partial charge in [-0.05, 0) is 0 Å². The molecule has 0 unspecified atom stereocenters. The summed E-state index contributed by atoms with van der Waals surface area (Å²) in [5, 5.41) is 0. The molecule has 0 aromatic heterocycles. The minimum absolute atomic E-state index is 1.05. The Hall–Kier alpha value is 0.104. The van der Waals surface area contributed by atoms with Gasteiger partial charge in [-0.2, -0.15) is 0 Å². The van der Waals surface area contributed by atoms with E-state index in [0.717, 1.165) is 19.3 Å². The average Bonchev–Trinajstić information content (AvgIpc) is 1.81. The minimum atomic E-state index is 1.05. The van der Waals surface area contributed by atoms with Crippen molar-refractivity contribution in [2.24, 2.45) is 0 Å². The molecule has 8 heavy (non-hydrogen) atoms. The fourth-order valence-electron chi connectivity index (χ4n) is 0.433. The summed E-state index contributed by atoms with van der Waals surface area (Å²) in [6.45, 7) is 2.14. The van der Waals surface area contributed by atoms with Crippen LogP contribution in [0.4, 0.5) is 0 Å². The summed E-state index contributed by atoms with van der Waals surface area (Å²) in [5.41, 5.74) is 0. The Labute approximate surface area is 58.9 Å². The van der Waals surface area contributed by atoms with Gasteiger partial charge in [0, 0.05) is 0 Å². The van der Waals surface area contributed by atoms with E-state index in [4.69, 9.17) is 0 Å². The molecule has 0 amide bonds. The van der Waals surface area contributed by atoms with Gasteiger partial charge >= 0.3 is 58.4 Å². The van der Waals surface area contributed by atoms with Crippen molar-refractivity contribution < 1.29 is 15.0 Å². The van der Waals surface area contributed by atoms with E-state index in [-0.39, 0.29) is 0 Å². The molecule has 0 spiro atoms. The first-order valence-electron chi connectivity index (χ1n) is 2.95. The van der Waals surface area contributed by atoms with Crippen LogP contribution in [-0.4, -0.2) is 4.99 Å². The molecular weight excluding hydrogens is 143 g/mol. The molecular formula is C7H12Ni. The van der Waals surface area contributed by atoms with Crippen LogP contribution in [0.5, 0.6) is 0 Å². The molecule has 0 aromatic carbocycles. The molecule has 0 rings (SSSR count). The number of allylic oxidation sites excluding steroid dienone is 2. The summed E-state index contributed by atoms with van der Waals surface area (Å²) in [6, 6.07) is 0.